The van der Waals surface area contributed by atoms with Crippen molar-refractivity contribution in [1.82, 2.24) is 4.98 Å². The van der Waals surface area contributed by atoms with Crippen LogP contribution < -0.4 is 5.32 Å². The van der Waals surface area contributed by atoms with Gasteiger partial charge in [0.25, 0.3) is 5.91 Å². The number of hydrogen-bond donors (Lipinski definition) is 2. The predicted octanol–water partition coefficient (Wildman–Crippen LogP) is 0.931. The highest BCUT2D eigenvalue weighted by atomic mass is 16.5. The van der Waals surface area contributed by atoms with Gasteiger partial charge in [0.1, 0.15) is 18.4 Å². The molecule has 2 atom stereocenters. The maximum atomic E-state index is 11.9. The number of aromatic nitrogens is 1. The van der Waals surface area contributed by atoms with E-state index in [1.807, 2.05) is 6.92 Å². The molecule has 1 aromatic rings. The van der Waals surface area contributed by atoms with Gasteiger partial charge in [0.15, 0.2) is 0 Å². The summed E-state index contributed by atoms with van der Waals surface area (Å²) < 4.78 is 5.49. The van der Waals surface area contributed by atoms with Crippen molar-refractivity contribution in [3.63, 3.8) is 0 Å². The van der Waals surface area contributed by atoms with E-state index >= 15 is 0 Å². The summed E-state index contributed by atoms with van der Waals surface area (Å²) in [6.07, 6.45) is 2.97. The molecule has 0 radical (unpaired) electrons. The molecule has 1 aromatic heterocycles. The highest BCUT2D eigenvalue weighted by Gasteiger charge is 2.28. The second-order valence-corrected chi connectivity index (χ2v) is 4.39. The molecule has 1 fully saturated rings. The van der Waals surface area contributed by atoms with Gasteiger partial charge in [-0.3, -0.25) is 4.79 Å². The van der Waals surface area contributed by atoms with Crippen LogP contribution in [-0.2, 0) is 9.53 Å². The Morgan fingerprint density at radius 1 is 1.58 bits per heavy atom. The van der Waals surface area contributed by atoms with Crippen LogP contribution in [0, 0.1) is 11.8 Å². The van der Waals surface area contributed by atoms with Crippen LogP contribution in [0.2, 0.25) is 0 Å². The van der Waals surface area contributed by atoms with Crippen LogP contribution in [0.25, 0.3) is 0 Å². The van der Waals surface area contributed by atoms with Gasteiger partial charge in [-0.05, 0) is 37.8 Å². The van der Waals surface area contributed by atoms with E-state index in [1.165, 1.54) is 6.20 Å². The SMILES string of the molecule is CC1CCC(C(=O)Nc2ccc(C#CCO)nc2)O1. The number of carbonyl (C=O) groups is 1. The second kappa shape index (κ2) is 6.32. The van der Waals surface area contributed by atoms with Crippen LogP contribution in [0.4, 0.5) is 5.69 Å². The van der Waals surface area contributed by atoms with Crippen LogP contribution in [0.15, 0.2) is 18.3 Å². The molecule has 1 amide bonds. The average Bonchev–Trinajstić information content (AvgIpc) is 2.85. The molecule has 1 aliphatic rings. The molecule has 1 saturated heterocycles. The molecule has 0 aliphatic carbocycles. The first kappa shape index (κ1) is 13.5. The molecule has 2 N–H and O–H groups in total. The van der Waals surface area contributed by atoms with E-state index < -0.39 is 0 Å². The van der Waals surface area contributed by atoms with Crippen molar-refractivity contribution in [3.05, 3.63) is 24.0 Å². The van der Waals surface area contributed by atoms with Gasteiger partial charge in [0.05, 0.1) is 18.0 Å². The molecule has 19 heavy (non-hydrogen) atoms. The molecule has 0 bridgehead atoms. The molecule has 2 heterocycles. The fraction of sp³-hybridized carbons (Fsp3) is 0.429. The van der Waals surface area contributed by atoms with E-state index in [1.54, 1.807) is 12.1 Å². The Morgan fingerprint density at radius 3 is 3.00 bits per heavy atom. The zero-order chi connectivity index (χ0) is 13.7. The van der Waals surface area contributed by atoms with Gasteiger partial charge in [0.2, 0.25) is 0 Å². The van der Waals surface area contributed by atoms with Crippen LogP contribution in [-0.4, -0.2) is 34.8 Å². The molecule has 5 nitrogen and oxygen atoms in total. The number of ether oxygens (including phenoxy) is 1. The minimum absolute atomic E-state index is 0.139. The summed E-state index contributed by atoms with van der Waals surface area (Å²) in [6, 6.07) is 3.42. The van der Waals surface area contributed by atoms with Crippen LogP contribution in [0.1, 0.15) is 25.5 Å². The van der Waals surface area contributed by atoms with Crippen LogP contribution in [0.3, 0.4) is 0 Å². The Balaban J connectivity index is 1.94. The zero-order valence-electron chi connectivity index (χ0n) is 10.7. The predicted molar refractivity (Wildman–Crippen MR) is 70.4 cm³/mol. The third-order valence-electron chi connectivity index (χ3n) is 2.85. The van der Waals surface area contributed by atoms with E-state index in [-0.39, 0.29) is 24.7 Å². The number of pyridine rings is 1. The van der Waals surface area contributed by atoms with Crippen molar-refractivity contribution in [2.75, 3.05) is 11.9 Å². The lowest BCUT2D eigenvalue weighted by Crippen LogP contribution is -2.27. The Kier molecular flexibility index (Phi) is 4.50. The lowest BCUT2D eigenvalue weighted by Gasteiger charge is -2.11. The number of rotatable bonds is 2. The Bertz CT molecular complexity index is 502. The monoisotopic (exact) mass is 260 g/mol. The van der Waals surface area contributed by atoms with Crippen molar-refractivity contribution in [2.24, 2.45) is 0 Å². The molecular weight excluding hydrogens is 244 g/mol. The van der Waals surface area contributed by atoms with Crippen molar-refractivity contribution in [2.45, 2.75) is 32.0 Å². The number of aliphatic hydroxyl groups excluding tert-OH is 1. The summed E-state index contributed by atoms with van der Waals surface area (Å²) in [5, 5.41) is 11.3. The maximum Gasteiger partial charge on any atom is 0.253 e. The number of aliphatic hydroxyl groups is 1. The summed E-state index contributed by atoms with van der Waals surface area (Å²) in [6.45, 7) is 1.76. The van der Waals surface area contributed by atoms with Gasteiger partial charge in [0, 0.05) is 0 Å². The van der Waals surface area contributed by atoms with E-state index in [9.17, 15) is 4.79 Å². The first-order chi connectivity index (χ1) is 9.19. The molecule has 1 aliphatic heterocycles. The summed E-state index contributed by atoms with van der Waals surface area (Å²) >= 11 is 0. The highest BCUT2D eigenvalue weighted by molar-refractivity contribution is 5.94. The second-order valence-electron chi connectivity index (χ2n) is 4.39. The van der Waals surface area contributed by atoms with Gasteiger partial charge in [-0.2, -0.15) is 0 Å². The van der Waals surface area contributed by atoms with Crippen LogP contribution >= 0.6 is 0 Å². The van der Waals surface area contributed by atoms with E-state index in [0.29, 0.717) is 11.4 Å². The molecule has 0 spiro atoms. The summed E-state index contributed by atoms with van der Waals surface area (Å²) in [5.41, 5.74) is 1.17. The molecule has 0 saturated carbocycles. The summed E-state index contributed by atoms with van der Waals surface area (Å²) in [5.74, 6) is 5.06. The lowest BCUT2D eigenvalue weighted by molar-refractivity contribution is -0.126. The molecule has 2 unspecified atom stereocenters. The molecule has 2 rings (SSSR count). The van der Waals surface area contributed by atoms with Gasteiger partial charge < -0.3 is 15.2 Å². The normalized spacial score (nSPS) is 21.6. The van der Waals surface area contributed by atoms with Crippen molar-refractivity contribution in [1.29, 1.82) is 0 Å². The standard InChI is InChI=1S/C14H16N2O3/c1-10-4-7-13(19-10)14(18)16-12-6-5-11(15-9-12)3-2-8-17/h5-6,9-10,13,17H,4,7-8H2,1H3,(H,16,18). The van der Waals surface area contributed by atoms with Crippen molar-refractivity contribution in [3.8, 4) is 11.8 Å². The van der Waals surface area contributed by atoms with E-state index in [4.69, 9.17) is 9.84 Å². The van der Waals surface area contributed by atoms with E-state index in [0.717, 1.165) is 12.8 Å². The smallest absolute Gasteiger partial charge is 0.253 e. The number of carbonyl (C=O) groups excluding carboxylic acids is 1. The molecular formula is C14H16N2O3. The largest absolute Gasteiger partial charge is 0.384 e. The zero-order valence-corrected chi connectivity index (χ0v) is 10.7. The first-order valence-electron chi connectivity index (χ1n) is 6.21. The third kappa shape index (κ3) is 3.78. The maximum absolute atomic E-state index is 11.9. The Morgan fingerprint density at radius 2 is 2.42 bits per heavy atom. The number of hydrogen-bond acceptors (Lipinski definition) is 4. The number of nitrogens with one attached hydrogen (secondary N) is 1. The Labute approximate surface area is 112 Å². The third-order valence-corrected chi connectivity index (χ3v) is 2.85. The minimum atomic E-state index is -0.371. The Hall–Kier alpha value is -1.90. The highest BCUT2D eigenvalue weighted by Crippen LogP contribution is 2.20. The molecule has 0 aromatic carbocycles. The minimum Gasteiger partial charge on any atom is -0.384 e. The van der Waals surface area contributed by atoms with Crippen molar-refractivity contribution < 1.29 is 14.6 Å². The number of amides is 1. The quantitative estimate of drug-likeness (QED) is 0.776. The lowest BCUT2D eigenvalue weighted by atomic mass is 10.2. The molecule has 5 heteroatoms. The van der Waals surface area contributed by atoms with Gasteiger partial charge in [-0.25, -0.2) is 4.98 Å². The van der Waals surface area contributed by atoms with Gasteiger partial charge >= 0.3 is 0 Å². The molecule has 100 valence electrons. The number of nitrogens with zero attached hydrogens (tertiary/aromatic N) is 1. The topological polar surface area (TPSA) is 71.5 Å². The number of anilines is 1. The fourth-order valence-corrected chi connectivity index (χ4v) is 1.89. The van der Waals surface area contributed by atoms with Crippen LogP contribution in [0.5, 0.6) is 0 Å². The summed E-state index contributed by atoms with van der Waals surface area (Å²) in [7, 11) is 0. The average molecular weight is 260 g/mol. The van der Waals surface area contributed by atoms with E-state index in [2.05, 4.69) is 22.1 Å². The summed E-state index contributed by atoms with van der Waals surface area (Å²) in [4.78, 5) is 16.0. The van der Waals surface area contributed by atoms with Gasteiger partial charge in [-0.1, -0.05) is 5.92 Å². The first-order valence-corrected chi connectivity index (χ1v) is 6.21. The van der Waals surface area contributed by atoms with Gasteiger partial charge in [-0.15, -0.1) is 0 Å². The van der Waals surface area contributed by atoms with Crippen molar-refractivity contribution >= 4 is 11.6 Å². The fourth-order valence-electron chi connectivity index (χ4n) is 1.89.